The van der Waals surface area contributed by atoms with Crippen LogP contribution < -0.4 is 11.1 Å². The van der Waals surface area contributed by atoms with Gasteiger partial charge >= 0.3 is 0 Å². The van der Waals surface area contributed by atoms with Crippen molar-refractivity contribution in [3.63, 3.8) is 0 Å². The van der Waals surface area contributed by atoms with Crippen molar-refractivity contribution in [3.05, 3.63) is 18.2 Å². The summed E-state index contributed by atoms with van der Waals surface area (Å²) in [5.74, 6) is 0. The normalized spacial score (nSPS) is 12.9. The molecule has 0 aromatic carbocycles. The summed E-state index contributed by atoms with van der Waals surface area (Å²) in [6.07, 6.45) is 6.63. The van der Waals surface area contributed by atoms with Crippen LogP contribution in [0.15, 0.2) is 12.5 Å². The Morgan fingerprint density at radius 2 is 2.35 bits per heavy atom. The first-order valence-corrected chi connectivity index (χ1v) is 6.37. The third kappa shape index (κ3) is 4.46. The molecule has 0 saturated carbocycles. The number of nitrogens with zero attached hydrogens (tertiary/aromatic N) is 2. The highest BCUT2D eigenvalue weighted by molar-refractivity contribution is 5.06. The average molecular weight is 240 g/mol. The molecule has 98 valence electrons. The molecule has 0 saturated heterocycles. The lowest BCUT2D eigenvalue weighted by atomic mass is 10.2. The van der Waals surface area contributed by atoms with Gasteiger partial charge < -0.3 is 20.7 Å². The van der Waals surface area contributed by atoms with E-state index in [1.165, 1.54) is 0 Å². The summed E-state index contributed by atoms with van der Waals surface area (Å²) in [5, 5.41) is 12.1. The fourth-order valence-electron chi connectivity index (χ4n) is 1.87. The molecule has 0 amide bonds. The van der Waals surface area contributed by atoms with E-state index >= 15 is 0 Å². The highest BCUT2D eigenvalue weighted by Crippen LogP contribution is 2.11. The molecule has 0 aliphatic carbocycles. The van der Waals surface area contributed by atoms with Crippen LogP contribution in [-0.4, -0.2) is 34.4 Å². The molecule has 1 heterocycles. The Balaban J connectivity index is 2.50. The Hall–Kier alpha value is -0.910. The predicted octanol–water partition coefficient (Wildman–Crippen LogP) is 0.655. The second kappa shape index (κ2) is 8.22. The van der Waals surface area contributed by atoms with E-state index in [4.69, 9.17) is 10.8 Å². The third-order valence-corrected chi connectivity index (χ3v) is 2.78. The fourth-order valence-corrected chi connectivity index (χ4v) is 1.87. The molecule has 4 N–H and O–H groups in total. The number of aliphatic hydroxyl groups is 1. The lowest BCUT2D eigenvalue weighted by molar-refractivity contribution is 0.282. The van der Waals surface area contributed by atoms with E-state index < -0.39 is 0 Å². The van der Waals surface area contributed by atoms with E-state index in [1.807, 2.05) is 12.5 Å². The van der Waals surface area contributed by atoms with Gasteiger partial charge in [0.25, 0.3) is 0 Å². The van der Waals surface area contributed by atoms with Crippen LogP contribution in [0.3, 0.4) is 0 Å². The van der Waals surface area contributed by atoms with Gasteiger partial charge in [0.05, 0.1) is 18.1 Å². The van der Waals surface area contributed by atoms with Gasteiger partial charge in [-0.15, -0.1) is 0 Å². The Kier molecular flexibility index (Phi) is 6.84. The SMILES string of the molecule is CCCn1cncc1C(CN)NCCCCO. The van der Waals surface area contributed by atoms with Crippen molar-refractivity contribution >= 4 is 0 Å². The van der Waals surface area contributed by atoms with Crippen molar-refractivity contribution in [2.24, 2.45) is 5.73 Å². The summed E-state index contributed by atoms with van der Waals surface area (Å²) in [6.45, 7) is 4.82. The standard InChI is InChI=1S/C12H24N4O/c1-2-6-16-10-14-9-12(16)11(8-13)15-5-3-4-7-17/h9-11,15,17H,2-8,13H2,1H3. The number of imidazole rings is 1. The summed E-state index contributed by atoms with van der Waals surface area (Å²) in [5.41, 5.74) is 6.94. The Bertz CT molecular complexity index is 300. The molecule has 17 heavy (non-hydrogen) atoms. The zero-order valence-electron chi connectivity index (χ0n) is 10.6. The first kappa shape index (κ1) is 14.2. The summed E-state index contributed by atoms with van der Waals surface area (Å²) in [4.78, 5) is 4.18. The lowest BCUT2D eigenvalue weighted by Crippen LogP contribution is -2.30. The molecule has 1 atom stereocenters. The maximum absolute atomic E-state index is 8.72. The molecule has 0 aliphatic heterocycles. The number of aromatic nitrogens is 2. The van der Waals surface area contributed by atoms with Crippen LogP contribution in [0.5, 0.6) is 0 Å². The summed E-state index contributed by atoms with van der Waals surface area (Å²) in [7, 11) is 0. The number of hydrogen-bond donors (Lipinski definition) is 3. The van der Waals surface area contributed by atoms with Gasteiger partial charge in [-0.25, -0.2) is 4.98 Å². The van der Waals surface area contributed by atoms with Crippen LogP contribution in [-0.2, 0) is 6.54 Å². The van der Waals surface area contributed by atoms with Crippen LogP contribution in [0.2, 0.25) is 0 Å². The molecule has 0 radical (unpaired) electrons. The first-order valence-electron chi connectivity index (χ1n) is 6.37. The van der Waals surface area contributed by atoms with Gasteiger partial charge in [0.15, 0.2) is 0 Å². The number of rotatable bonds is 9. The maximum atomic E-state index is 8.72. The van der Waals surface area contributed by atoms with E-state index in [2.05, 4.69) is 21.8 Å². The molecular formula is C12H24N4O. The van der Waals surface area contributed by atoms with Crippen molar-refractivity contribution in [3.8, 4) is 0 Å². The highest BCUT2D eigenvalue weighted by atomic mass is 16.2. The monoisotopic (exact) mass is 240 g/mol. The minimum absolute atomic E-state index is 0.155. The van der Waals surface area contributed by atoms with E-state index in [1.54, 1.807) is 0 Å². The minimum atomic E-state index is 0.155. The van der Waals surface area contributed by atoms with Gasteiger partial charge in [-0.2, -0.15) is 0 Å². The van der Waals surface area contributed by atoms with Crippen molar-refractivity contribution in [2.45, 2.75) is 38.8 Å². The summed E-state index contributed by atoms with van der Waals surface area (Å²) in [6, 6.07) is 0.155. The number of aliphatic hydroxyl groups excluding tert-OH is 1. The zero-order chi connectivity index (χ0) is 12.5. The molecule has 1 rings (SSSR count). The van der Waals surface area contributed by atoms with Gasteiger partial charge in [-0.1, -0.05) is 6.92 Å². The number of nitrogens with one attached hydrogen (secondary N) is 1. The molecular weight excluding hydrogens is 216 g/mol. The largest absolute Gasteiger partial charge is 0.396 e. The van der Waals surface area contributed by atoms with Crippen molar-refractivity contribution in [1.29, 1.82) is 0 Å². The average Bonchev–Trinajstić information content (AvgIpc) is 2.78. The molecule has 0 spiro atoms. The van der Waals surface area contributed by atoms with Crippen LogP contribution >= 0.6 is 0 Å². The lowest BCUT2D eigenvalue weighted by Gasteiger charge is -2.18. The molecule has 1 aromatic heterocycles. The molecule has 1 aromatic rings. The van der Waals surface area contributed by atoms with E-state index in [0.29, 0.717) is 6.54 Å². The smallest absolute Gasteiger partial charge is 0.0948 e. The molecule has 5 nitrogen and oxygen atoms in total. The number of hydrogen-bond acceptors (Lipinski definition) is 4. The molecule has 0 bridgehead atoms. The topological polar surface area (TPSA) is 76.1 Å². The van der Waals surface area contributed by atoms with E-state index in [0.717, 1.165) is 38.0 Å². The van der Waals surface area contributed by atoms with Crippen molar-refractivity contribution in [1.82, 2.24) is 14.9 Å². The minimum Gasteiger partial charge on any atom is -0.396 e. The number of aryl methyl sites for hydroxylation is 1. The third-order valence-electron chi connectivity index (χ3n) is 2.78. The summed E-state index contributed by atoms with van der Waals surface area (Å²) >= 11 is 0. The molecule has 5 heteroatoms. The fraction of sp³-hybridized carbons (Fsp3) is 0.750. The second-order valence-electron chi connectivity index (χ2n) is 4.19. The Labute approximate surface area is 103 Å². The zero-order valence-corrected chi connectivity index (χ0v) is 10.6. The van der Waals surface area contributed by atoms with Crippen LogP contribution in [0.4, 0.5) is 0 Å². The predicted molar refractivity (Wildman–Crippen MR) is 68.6 cm³/mol. The molecule has 1 unspecified atom stereocenters. The van der Waals surface area contributed by atoms with Crippen LogP contribution in [0.1, 0.15) is 37.9 Å². The highest BCUT2D eigenvalue weighted by Gasteiger charge is 2.13. The van der Waals surface area contributed by atoms with Crippen molar-refractivity contribution in [2.75, 3.05) is 19.7 Å². The Morgan fingerprint density at radius 3 is 3.00 bits per heavy atom. The molecule has 0 fully saturated rings. The first-order chi connectivity index (χ1) is 8.33. The quantitative estimate of drug-likeness (QED) is 0.554. The number of nitrogens with two attached hydrogens (primary N) is 1. The van der Waals surface area contributed by atoms with Crippen LogP contribution in [0, 0.1) is 0 Å². The van der Waals surface area contributed by atoms with Gasteiger partial charge in [0, 0.05) is 25.9 Å². The Morgan fingerprint density at radius 1 is 1.53 bits per heavy atom. The van der Waals surface area contributed by atoms with Gasteiger partial charge in [-0.3, -0.25) is 0 Å². The van der Waals surface area contributed by atoms with Crippen LogP contribution in [0.25, 0.3) is 0 Å². The van der Waals surface area contributed by atoms with E-state index in [-0.39, 0.29) is 12.6 Å². The summed E-state index contributed by atoms with van der Waals surface area (Å²) < 4.78 is 2.15. The van der Waals surface area contributed by atoms with Gasteiger partial charge in [0.2, 0.25) is 0 Å². The molecule has 0 aliphatic rings. The maximum Gasteiger partial charge on any atom is 0.0948 e. The van der Waals surface area contributed by atoms with Crippen molar-refractivity contribution < 1.29 is 5.11 Å². The van der Waals surface area contributed by atoms with E-state index in [9.17, 15) is 0 Å². The number of unbranched alkanes of at least 4 members (excludes halogenated alkanes) is 1. The van der Waals surface area contributed by atoms with Gasteiger partial charge in [-0.05, 0) is 25.8 Å². The van der Waals surface area contributed by atoms with Gasteiger partial charge in [0.1, 0.15) is 0 Å². The second-order valence-corrected chi connectivity index (χ2v) is 4.19.